The van der Waals surface area contributed by atoms with Crippen molar-refractivity contribution in [2.75, 3.05) is 5.75 Å². The fourth-order valence-corrected chi connectivity index (χ4v) is 5.20. The van der Waals surface area contributed by atoms with Crippen LogP contribution in [-0.2, 0) is 4.79 Å². The van der Waals surface area contributed by atoms with Crippen molar-refractivity contribution in [2.24, 2.45) is 0 Å². The molecule has 0 N–H and O–H groups in total. The molecule has 1 amide bonds. The summed E-state index contributed by atoms with van der Waals surface area (Å²) >= 11 is 7.83. The van der Waals surface area contributed by atoms with Crippen molar-refractivity contribution in [2.45, 2.75) is 57.3 Å². The van der Waals surface area contributed by atoms with E-state index in [0.717, 1.165) is 29.7 Å². The highest BCUT2D eigenvalue weighted by Crippen LogP contribution is 2.32. The summed E-state index contributed by atoms with van der Waals surface area (Å²) in [6.07, 6.45) is 6.76. The molecule has 3 heterocycles. The minimum absolute atomic E-state index is 0.146. The number of halogens is 1. The molecule has 2 atom stereocenters. The second kappa shape index (κ2) is 9.40. The molecule has 0 saturated carbocycles. The van der Waals surface area contributed by atoms with E-state index in [1.807, 2.05) is 46.7 Å². The minimum Gasteiger partial charge on any atom is -0.337 e. The molecule has 1 aliphatic heterocycles. The van der Waals surface area contributed by atoms with Gasteiger partial charge in [0.2, 0.25) is 5.91 Å². The van der Waals surface area contributed by atoms with Crippen LogP contribution < -0.4 is 0 Å². The maximum atomic E-state index is 13.1. The fourth-order valence-electron chi connectivity index (χ4n) is 4.22. The molecule has 0 aliphatic carbocycles. The summed E-state index contributed by atoms with van der Waals surface area (Å²) in [5.41, 5.74) is 2.74. The Kier molecular flexibility index (Phi) is 6.62. The smallest absolute Gasteiger partial charge is 0.233 e. The van der Waals surface area contributed by atoms with Crippen molar-refractivity contribution < 1.29 is 4.79 Å². The molecule has 0 radical (unpaired) electrons. The molecule has 1 aliphatic rings. The van der Waals surface area contributed by atoms with E-state index < -0.39 is 0 Å². The molecule has 162 valence electrons. The second-order valence-electron chi connectivity index (χ2n) is 7.98. The van der Waals surface area contributed by atoms with Gasteiger partial charge in [-0.1, -0.05) is 29.4 Å². The number of hydrogen-bond donors (Lipinski definition) is 0. The van der Waals surface area contributed by atoms with Crippen LogP contribution in [0.2, 0.25) is 5.02 Å². The van der Waals surface area contributed by atoms with E-state index in [9.17, 15) is 4.79 Å². The summed E-state index contributed by atoms with van der Waals surface area (Å²) in [6.45, 7) is 6.25. The number of rotatable bonds is 5. The number of hydrogen-bond acceptors (Lipinski definition) is 5. The molecule has 6 nitrogen and oxygen atoms in total. The van der Waals surface area contributed by atoms with E-state index in [1.54, 1.807) is 12.4 Å². The Morgan fingerprint density at radius 1 is 1.13 bits per heavy atom. The van der Waals surface area contributed by atoms with E-state index in [1.165, 1.54) is 18.2 Å². The third kappa shape index (κ3) is 4.48. The van der Waals surface area contributed by atoms with Crippen LogP contribution in [-0.4, -0.2) is 48.4 Å². The number of aromatic nitrogens is 4. The molecule has 8 heteroatoms. The van der Waals surface area contributed by atoms with Gasteiger partial charge in [-0.3, -0.25) is 14.3 Å². The van der Waals surface area contributed by atoms with Gasteiger partial charge >= 0.3 is 0 Å². The molecule has 2 aromatic heterocycles. The zero-order valence-corrected chi connectivity index (χ0v) is 19.5. The number of thioether (sulfide) groups is 1. The van der Waals surface area contributed by atoms with Gasteiger partial charge in [-0.25, -0.2) is 0 Å². The first-order valence-corrected chi connectivity index (χ1v) is 11.9. The summed E-state index contributed by atoms with van der Waals surface area (Å²) in [5, 5.41) is 10.2. The molecule has 1 aromatic carbocycles. The molecule has 1 fully saturated rings. The fraction of sp³-hybridized carbons (Fsp3) is 0.391. The Hall–Kier alpha value is -2.38. The Morgan fingerprint density at radius 3 is 2.55 bits per heavy atom. The Bertz CT molecular complexity index is 1060. The number of carbonyl (C=O) groups excluding carboxylic acids is 1. The first kappa shape index (κ1) is 21.8. The molecular formula is C23H26ClN5OS. The average molecular weight is 456 g/mol. The van der Waals surface area contributed by atoms with Crippen molar-refractivity contribution in [3.63, 3.8) is 0 Å². The van der Waals surface area contributed by atoms with Crippen LogP contribution in [0.25, 0.3) is 17.1 Å². The number of carbonyl (C=O) groups is 1. The second-order valence-corrected chi connectivity index (χ2v) is 9.33. The lowest BCUT2D eigenvalue weighted by Crippen LogP contribution is -2.48. The summed E-state index contributed by atoms with van der Waals surface area (Å²) in [4.78, 5) is 19.2. The van der Waals surface area contributed by atoms with Crippen molar-refractivity contribution in [1.82, 2.24) is 24.6 Å². The zero-order valence-electron chi connectivity index (χ0n) is 18.0. The quantitative estimate of drug-likeness (QED) is 0.496. The highest BCUT2D eigenvalue weighted by molar-refractivity contribution is 7.99. The predicted molar refractivity (Wildman–Crippen MR) is 125 cm³/mol. The van der Waals surface area contributed by atoms with Crippen molar-refractivity contribution in [3.05, 3.63) is 53.3 Å². The maximum Gasteiger partial charge on any atom is 0.233 e. The standard InChI is InChI=1S/C23H26ClN5OS/c1-15-6-4-7-16(2)28(15)21(30)14-31-23-27-26-22(18-10-12-25-13-11-18)29(23)20-9-5-8-19(24)17(20)3/h5,8-13,15-16H,4,6-7,14H2,1-3H3/t15-,16+. The highest BCUT2D eigenvalue weighted by atomic mass is 35.5. The molecule has 31 heavy (non-hydrogen) atoms. The SMILES string of the molecule is Cc1c(Cl)cccc1-n1c(SCC(=O)N2[C@H](C)CCC[C@@H]2C)nnc1-c1ccncc1. The van der Waals surface area contributed by atoms with E-state index in [4.69, 9.17) is 11.6 Å². The Morgan fingerprint density at radius 2 is 1.84 bits per heavy atom. The zero-order chi connectivity index (χ0) is 22.0. The average Bonchev–Trinajstić information content (AvgIpc) is 3.18. The Balaban J connectivity index is 1.67. The van der Waals surface area contributed by atoms with E-state index in [-0.39, 0.29) is 18.0 Å². The highest BCUT2D eigenvalue weighted by Gasteiger charge is 2.29. The van der Waals surface area contributed by atoms with Gasteiger partial charge in [-0.05, 0) is 69.9 Å². The van der Waals surface area contributed by atoms with Gasteiger partial charge in [0.1, 0.15) is 0 Å². The van der Waals surface area contributed by atoms with Crippen molar-refractivity contribution in [1.29, 1.82) is 0 Å². The predicted octanol–water partition coefficient (Wildman–Crippen LogP) is 5.17. The molecule has 3 aromatic rings. The van der Waals surface area contributed by atoms with Crippen molar-refractivity contribution in [3.8, 4) is 17.1 Å². The van der Waals surface area contributed by atoms with Crippen LogP contribution in [0.5, 0.6) is 0 Å². The monoisotopic (exact) mass is 455 g/mol. The van der Waals surface area contributed by atoms with Crippen LogP contribution in [0.4, 0.5) is 0 Å². The van der Waals surface area contributed by atoms with E-state index >= 15 is 0 Å². The lowest BCUT2D eigenvalue weighted by Gasteiger charge is -2.39. The molecular weight excluding hydrogens is 430 g/mol. The van der Waals surface area contributed by atoms with E-state index in [0.29, 0.717) is 21.8 Å². The maximum absolute atomic E-state index is 13.1. The molecule has 0 unspecified atom stereocenters. The normalized spacial score (nSPS) is 18.9. The largest absolute Gasteiger partial charge is 0.337 e. The lowest BCUT2D eigenvalue weighted by molar-refractivity contribution is -0.134. The number of pyridine rings is 1. The van der Waals surface area contributed by atoms with Crippen molar-refractivity contribution >= 4 is 29.3 Å². The summed E-state index contributed by atoms with van der Waals surface area (Å²) < 4.78 is 1.98. The number of piperidine rings is 1. The van der Waals surface area contributed by atoms with Gasteiger partial charge in [0, 0.05) is 35.1 Å². The topological polar surface area (TPSA) is 63.9 Å². The van der Waals surface area contributed by atoms with Gasteiger partial charge < -0.3 is 4.90 Å². The minimum atomic E-state index is 0.146. The first-order valence-electron chi connectivity index (χ1n) is 10.5. The number of nitrogens with zero attached hydrogens (tertiary/aromatic N) is 5. The van der Waals surface area contributed by atoms with Crippen LogP contribution >= 0.6 is 23.4 Å². The van der Waals surface area contributed by atoms with Crippen LogP contribution in [0.15, 0.2) is 47.9 Å². The van der Waals surface area contributed by atoms with Gasteiger partial charge in [0.25, 0.3) is 0 Å². The molecule has 1 saturated heterocycles. The molecule has 4 rings (SSSR count). The van der Waals surface area contributed by atoms with Crippen LogP contribution in [0.3, 0.4) is 0 Å². The van der Waals surface area contributed by atoms with Gasteiger partial charge in [-0.15, -0.1) is 10.2 Å². The first-order chi connectivity index (χ1) is 15.0. The number of amides is 1. The summed E-state index contributed by atoms with van der Waals surface area (Å²) in [6, 6.07) is 10.1. The molecule has 0 bridgehead atoms. The number of likely N-dealkylation sites (tertiary alicyclic amines) is 1. The van der Waals surface area contributed by atoms with Crippen LogP contribution in [0, 0.1) is 6.92 Å². The number of benzene rings is 1. The molecule has 0 spiro atoms. The van der Waals surface area contributed by atoms with Gasteiger partial charge in [0.15, 0.2) is 11.0 Å². The summed E-state index contributed by atoms with van der Waals surface area (Å²) in [7, 11) is 0. The summed E-state index contributed by atoms with van der Waals surface area (Å²) in [5.74, 6) is 1.16. The lowest BCUT2D eigenvalue weighted by atomic mass is 9.98. The van der Waals surface area contributed by atoms with Crippen LogP contribution in [0.1, 0.15) is 38.7 Å². The third-order valence-corrected chi connectivity index (χ3v) is 7.18. The third-order valence-electron chi connectivity index (χ3n) is 5.86. The van der Waals surface area contributed by atoms with E-state index in [2.05, 4.69) is 29.0 Å². The Labute approximate surface area is 192 Å². The van der Waals surface area contributed by atoms with Gasteiger partial charge in [0.05, 0.1) is 11.4 Å². The van der Waals surface area contributed by atoms with Gasteiger partial charge in [-0.2, -0.15) is 0 Å².